The van der Waals surface area contributed by atoms with Gasteiger partial charge in [0.1, 0.15) is 5.00 Å². The van der Waals surface area contributed by atoms with Crippen LogP contribution in [0.3, 0.4) is 0 Å². The number of ether oxygens (including phenoxy) is 1. The Kier molecular flexibility index (Phi) is 5.91. The molecule has 0 unspecified atom stereocenters. The first-order valence-corrected chi connectivity index (χ1v) is 10.1. The number of thiophene rings is 1. The van der Waals surface area contributed by atoms with Crippen molar-refractivity contribution >= 4 is 44.1 Å². The van der Waals surface area contributed by atoms with E-state index in [0.29, 0.717) is 22.7 Å². The Balaban J connectivity index is 1.89. The third kappa shape index (κ3) is 4.12. The minimum Gasteiger partial charge on any atom is -0.462 e. The fraction of sp³-hybridized carbons (Fsp3) is 0.368. The Morgan fingerprint density at radius 3 is 2.64 bits per heavy atom. The zero-order valence-corrected chi connectivity index (χ0v) is 16.5. The molecule has 0 spiro atoms. The highest BCUT2D eigenvalue weighted by Crippen LogP contribution is 2.38. The van der Waals surface area contributed by atoms with Gasteiger partial charge in [-0.05, 0) is 61.9 Å². The maximum atomic E-state index is 12.6. The van der Waals surface area contributed by atoms with Gasteiger partial charge in [0.15, 0.2) is 0 Å². The quantitative estimate of drug-likeness (QED) is 0.674. The lowest BCUT2D eigenvalue weighted by atomic mass is 9.95. The summed E-state index contributed by atoms with van der Waals surface area (Å²) >= 11 is 4.87. The lowest BCUT2D eigenvalue weighted by Gasteiger charge is -2.12. The molecule has 3 rings (SSSR count). The highest BCUT2D eigenvalue weighted by molar-refractivity contribution is 9.10. The largest absolute Gasteiger partial charge is 0.462 e. The zero-order chi connectivity index (χ0) is 17.8. The summed E-state index contributed by atoms with van der Waals surface area (Å²) in [5.41, 5.74) is 2.17. The number of halogens is 1. The molecule has 0 saturated heterocycles. The Labute approximate surface area is 159 Å². The SMILES string of the molecule is CCCOC(=O)c1c(NC(=O)c2ccc(Br)cc2)sc2c1CCCC2. The maximum absolute atomic E-state index is 12.6. The molecule has 132 valence electrons. The van der Waals surface area contributed by atoms with Crippen LogP contribution in [0.2, 0.25) is 0 Å². The van der Waals surface area contributed by atoms with E-state index in [1.165, 1.54) is 16.2 Å². The lowest BCUT2D eigenvalue weighted by molar-refractivity contribution is 0.0505. The molecular weight excluding hydrogens is 402 g/mol. The highest BCUT2D eigenvalue weighted by Gasteiger charge is 2.27. The first kappa shape index (κ1) is 18.1. The van der Waals surface area contributed by atoms with E-state index in [9.17, 15) is 9.59 Å². The van der Waals surface area contributed by atoms with Crippen LogP contribution in [0.5, 0.6) is 0 Å². The average Bonchev–Trinajstić information content (AvgIpc) is 2.98. The topological polar surface area (TPSA) is 55.4 Å². The van der Waals surface area contributed by atoms with Crippen molar-refractivity contribution in [3.05, 3.63) is 50.3 Å². The van der Waals surface area contributed by atoms with Gasteiger partial charge < -0.3 is 10.1 Å². The summed E-state index contributed by atoms with van der Waals surface area (Å²) in [6.07, 6.45) is 4.80. The molecule has 2 aromatic rings. The second-order valence-corrected chi connectivity index (χ2v) is 8.03. The van der Waals surface area contributed by atoms with Crippen molar-refractivity contribution in [3.8, 4) is 0 Å². The van der Waals surface area contributed by atoms with Crippen LogP contribution in [0, 0.1) is 0 Å². The van der Waals surface area contributed by atoms with E-state index in [-0.39, 0.29) is 11.9 Å². The molecule has 1 aromatic heterocycles. The van der Waals surface area contributed by atoms with Crippen molar-refractivity contribution < 1.29 is 14.3 Å². The monoisotopic (exact) mass is 421 g/mol. The minimum absolute atomic E-state index is 0.212. The van der Waals surface area contributed by atoms with E-state index < -0.39 is 0 Å². The summed E-state index contributed by atoms with van der Waals surface area (Å²) in [6, 6.07) is 7.15. The molecule has 1 aliphatic rings. The number of rotatable bonds is 5. The van der Waals surface area contributed by atoms with Crippen molar-refractivity contribution in [3.63, 3.8) is 0 Å². The van der Waals surface area contributed by atoms with Crippen LogP contribution in [-0.4, -0.2) is 18.5 Å². The lowest BCUT2D eigenvalue weighted by Crippen LogP contribution is -2.16. The van der Waals surface area contributed by atoms with Crippen LogP contribution < -0.4 is 5.32 Å². The molecule has 0 bridgehead atoms. The normalized spacial score (nSPS) is 13.2. The van der Waals surface area contributed by atoms with Crippen LogP contribution in [0.15, 0.2) is 28.7 Å². The number of fused-ring (bicyclic) bond motifs is 1. The van der Waals surface area contributed by atoms with E-state index in [0.717, 1.165) is 42.1 Å². The summed E-state index contributed by atoms with van der Waals surface area (Å²) in [7, 11) is 0. The summed E-state index contributed by atoms with van der Waals surface area (Å²) in [6.45, 7) is 2.36. The number of carbonyl (C=O) groups excluding carboxylic acids is 2. The molecule has 1 aliphatic carbocycles. The van der Waals surface area contributed by atoms with Crippen molar-refractivity contribution in [1.29, 1.82) is 0 Å². The smallest absolute Gasteiger partial charge is 0.341 e. The van der Waals surface area contributed by atoms with Gasteiger partial charge in [0.05, 0.1) is 12.2 Å². The Bertz CT molecular complexity index is 783. The second kappa shape index (κ2) is 8.15. The number of hydrogen-bond donors (Lipinski definition) is 1. The van der Waals surface area contributed by atoms with Crippen molar-refractivity contribution in [2.24, 2.45) is 0 Å². The standard InChI is InChI=1S/C19H20BrNO3S/c1-2-11-24-19(23)16-14-5-3-4-6-15(14)25-18(16)21-17(22)12-7-9-13(20)10-8-12/h7-10H,2-6,11H2,1H3,(H,21,22). The predicted octanol–water partition coefficient (Wildman–Crippen LogP) is 5.21. The van der Waals surface area contributed by atoms with Gasteiger partial charge >= 0.3 is 5.97 Å². The van der Waals surface area contributed by atoms with E-state index in [4.69, 9.17) is 4.74 Å². The highest BCUT2D eigenvalue weighted by atomic mass is 79.9. The Hall–Kier alpha value is -1.66. The van der Waals surface area contributed by atoms with Gasteiger partial charge in [0.2, 0.25) is 0 Å². The molecule has 1 amide bonds. The molecule has 1 heterocycles. The molecule has 0 saturated carbocycles. The summed E-state index contributed by atoms with van der Waals surface area (Å²) < 4.78 is 6.27. The van der Waals surface area contributed by atoms with E-state index in [2.05, 4.69) is 21.2 Å². The predicted molar refractivity (Wildman–Crippen MR) is 104 cm³/mol. The number of amides is 1. The van der Waals surface area contributed by atoms with Gasteiger partial charge in [0.25, 0.3) is 5.91 Å². The van der Waals surface area contributed by atoms with Crippen molar-refractivity contribution in [1.82, 2.24) is 0 Å². The molecule has 0 atom stereocenters. The number of carbonyl (C=O) groups is 2. The van der Waals surface area contributed by atoms with Gasteiger partial charge in [-0.1, -0.05) is 22.9 Å². The molecule has 1 N–H and O–H groups in total. The summed E-state index contributed by atoms with van der Waals surface area (Å²) in [5.74, 6) is -0.539. The zero-order valence-electron chi connectivity index (χ0n) is 14.1. The van der Waals surface area contributed by atoms with Crippen LogP contribution in [0.4, 0.5) is 5.00 Å². The number of nitrogens with one attached hydrogen (secondary N) is 1. The molecule has 25 heavy (non-hydrogen) atoms. The molecular formula is C19H20BrNO3S. The van der Waals surface area contributed by atoms with Crippen LogP contribution in [0.25, 0.3) is 0 Å². The fourth-order valence-corrected chi connectivity index (χ4v) is 4.45. The van der Waals surface area contributed by atoms with Crippen LogP contribution >= 0.6 is 27.3 Å². The summed E-state index contributed by atoms with van der Waals surface area (Å²) in [5, 5.41) is 3.54. The molecule has 0 fully saturated rings. The molecule has 0 aliphatic heterocycles. The first-order chi connectivity index (χ1) is 12.1. The van der Waals surface area contributed by atoms with Gasteiger partial charge in [-0.15, -0.1) is 11.3 Å². The van der Waals surface area contributed by atoms with Gasteiger partial charge in [0, 0.05) is 14.9 Å². The van der Waals surface area contributed by atoms with Gasteiger partial charge in [-0.3, -0.25) is 4.79 Å². The molecule has 1 aromatic carbocycles. The minimum atomic E-state index is -0.327. The second-order valence-electron chi connectivity index (χ2n) is 6.01. The molecule has 6 heteroatoms. The Morgan fingerprint density at radius 2 is 1.92 bits per heavy atom. The van der Waals surface area contributed by atoms with Gasteiger partial charge in [-0.2, -0.15) is 0 Å². The molecule has 0 radical (unpaired) electrons. The van der Waals surface area contributed by atoms with Crippen molar-refractivity contribution in [2.75, 3.05) is 11.9 Å². The third-order valence-corrected chi connectivity index (χ3v) is 5.88. The Morgan fingerprint density at radius 1 is 1.20 bits per heavy atom. The van der Waals surface area contributed by atoms with E-state index in [1.807, 2.05) is 19.1 Å². The summed E-state index contributed by atoms with van der Waals surface area (Å²) in [4.78, 5) is 26.3. The number of hydrogen-bond acceptors (Lipinski definition) is 4. The van der Waals surface area contributed by atoms with Crippen molar-refractivity contribution in [2.45, 2.75) is 39.0 Å². The number of anilines is 1. The van der Waals surface area contributed by atoms with Crippen LogP contribution in [-0.2, 0) is 17.6 Å². The molecule has 4 nitrogen and oxygen atoms in total. The van der Waals surface area contributed by atoms with E-state index >= 15 is 0 Å². The average molecular weight is 422 g/mol. The van der Waals surface area contributed by atoms with Crippen LogP contribution in [0.1, 0.15) is 57.3 Å². The third-order valence-electron chi connectivity index (χ3n) is 4.15. The first-order valence-electron chi connectivity index (χ1n) is 8.48. The van der Waals surface area contributed by atoms with Gasteiger partial charge in [-0.25, -0.2) is 4.79 Å². The number of esters is 1. The number of aryl methyl sites for hydroxylation is 1. The maximum Gasteiger partial charge on any atom is 0.341 e. The fourth-order valence-electron chi connectivity index (χ4n) is 2.91. The number of benzene rings is 1. The van der Waals surface area contributed by atoms with E-state index in [1.54, 1.807) is 12.1 Å².